The molecule has 0 atom stereocenters. The molecule has 7 heteroatoms. The van der Waals surface area contributed by atoms with E-state index in [-0.39, 0.29) is 12.5 Å². The Balaban J connectivity index is 1.86. The molecule has 0 spiro atoms. The SMILES string of the molecule is COc1ccc(/C=N\NC(=O)COc2cccc(Cl)c2)cc1OC. The number of halogens is 1. The second kappa shape index (κ2) is 8.79. The van der Waals surface area contributed by atoms with Gasteiger partial charge >= 0.3 is 0 Å². The average Bonchev–Trinajstić information content (AvgIpc) is 2.60. The maximum absolute atomic E-state index is 11.7. The highest BCUT2D eigenvalue weighted by atomic mass is 35.5. The number of nitrogens with zero attached hydrogens (tertiary/aromatic N) is 1. The third kappa shape index (κ3) is 5.17. The van der Waals surface area contributed by atoms with Gasteiger partial charge in [-0.3, -0.25) is 4.79 Å². The van der Waals surface area contributed by atoms with Crippen molar-refractivity contribution in [2.24, 2.45) is 5.10 Å². The second-order valence-corrected chi connectivity index (χ2v) is 5.09. The summed E-state index contributed by atoms with van der Waals surface area (Å²) in [5.74, 6) is 1.33. The summed E-state index contributed by atoms with van der Waals surface area (Å²) in [6, 6.07) is 12.1. The van der Waals surface area contributed by atoms with Crippen LogP contribution >= 0.6 is 11.6 Å². The number of nitrogens with one attached hydrogen (secondary N) is 1. The molecule has 0 unspecified atom stereocenters. The van der Waals surface area contributed by atoms with Crippen molar-refractivity contribution in [3.63, 3.8) is 0 Å². The van der Waals surface area contributed by atoms with E-state index in [1.165, 1.54) is 6.21 Å². The molecule has 0 bridgehead atoms. The van der Waals surface area contributed by atoms with Crippen molar-refractivity contribution in [1.82, 2.24) is 5.43 Å². The van der Waals surface area contributed by atoms with Crippen LogP contribution in [0.1, 0.15) is 5.56 Å². The fourth-order valence-electron chi connectivity index (χ4n) is 1.85. The van der Waals surface area contributed by atoms with Crippen molar-refractivity contribution in [3.05, 3.63) is 53.1 Å². The molecule has 6 nitrogen and oxygen atoms in total. The number of hydrogen-bond acceptors (Lipinski definition) is 5. The smallest absolute Gasteiger partial charge is 0.277 e. The van der Waals surface area contributed by atoms with E-state index in [1.54, 1.807) is 56.7 Å². The van der Waals surface area contributed by atoms with Gasteiger partial charge in [-0.1, -0.05) is 17.7 Å². The van der Waals surface area contributed by atoms with Crippen LogP contribution < -0.4 is 19.6 Å². The Hall–Kier alpha value is -2.73. The predicted molar refractivity (Wildman–Crippen MR) is 92.2 cm³/mol. The van der Waals surface area contributed by atoms with Crippen LogP contribution in [0.3, 0.4) is 0 Å². The lowest BCUT2D eigenvalue weighted by atomic mass is 10.2. The van der Waals surface area contributed by atoms with Crippen molar-refractivity contribution in [2.75, 3.05) is 20.8 Å². The molecule has 0 aliphatic carbocycles. The highest BCUT2D eigenvalue weighted by molar-refractivity contribution is 6.30. The Bertz CT molecular complexity index is 734. The van der Waals surface area contributed by atoms with Crippen LogP contribution in [0.4, 0.5) is 0 Å². The molecule has 0 aromatic heterocycles. The summed E-state index contributed by atoms with van der Waals surface area (Å²) in [4.78, 5) is 11.7. The van der Waals surface area contributed by atoms with E-state index < -0.39 is 0 Å². The van der Waals surface area contributed by atoms with E-state index in [0.29, 0.717) is 22.3 Å². The van der Waals surface area contributed by atoms with E-state index in [1.807, 2.05) is 0 Å². The van der Waals surface area contributed by atoms with Gasteiger partial charge in [0.05, 0.1) is 20.4 Å². The third-order valence-electron chi connectivity index (χ3n) is 2.98. The number of rotatable bonds is 7. The van der Waals surface area contributed by atoms with Crippen LogP contribution in [0.5, 0.6) is 17.2 Å². The fourth-order valence-corrected chi connectivity index (χ4v) is 2.03. The molecule has 126 valence electrons. The predicted octanol–water partition coefficient (Wildman–Crippen LogP) is 2.89. The topological polar surface area (TPSA) is 69.2 Å². The molecule has 2 rings (SSSR count). The standard InChI is InChI=1S/C17H17ClN2O4/c1-22-15-7-6-12(8-16(15)23-2)10-19-20-17(21)11-24-14-5-3-4-13(18)9-14/h3-10H,11H2,1-2H3,(H,20,21)/b19-10-. The number of amides is 1. The number of hydrogen-bond donors (Lipinski definition) is 1. The Morgan fingerprint density at radius 3 is 2.67 bits per heavy atom. The van der Waals surface area contributed by atoms with Crippen LogP contribution in [0.15, 0.2) is 47.6 Å². The maximum atomic E-state index is 11.7. The molecule has 0 radical (unpaired) electrons. The van der Waals surface area contributed by atoms with Gasteiger partial charge in [0.2, 0.25) is 0 Å². The van der Waals surface area contributed by atoms with Crippen molar-refractivity contribution in [1.29, 1.82) is 0 Å². The number of carbonyl (C=O) groups excluding carboxylic acids is 1. The number of carbonyl (C=O) groups is 1. The van der Waals surface area contributed by atoms with Crippen molar-refractivity contribution < 1.29 is 19.0 Å². The summed E-state index contributed by atoms with van der Waals surface area (Å²) >= 11 is 5.83. The van der Waals surface area contributed by atoms with E-state index in [4.69, 9.17) is 25.8 Å². The van der Waals surface area contributed by atoms with Crippen molar-refractivity contribution in [3.8, 4) is 17.2 Å². The lowest BCUT2D eigenvalue weighted by Gasteiger charge is -2.07. The summed E-state index contributed by atoms with van der Waals surface area (Å²) in [5.41, 5.74) is 3.14. The molecule has 1 amide bonds. The molecule has 0 aliphatic heterocycles. The first-order valence-electron chi connectivity index (χ1n) is 7.04. The number of ether oxygens (including phenoxy) is 3. The highest BCUT2D eigenvalue weighted by Gasteiger charge is 2.04. The van der Waals surface area contributed by atoms with Gasteiger partial charge in [-0.05, 0) is 42.0 Å². The van der Waals surface area contributed by atoms with Gasteiger partial charge in [-0.2, -0.15) is 5.10 Å². The van der Waals surface area contributed by atoms with Crippen molar-refractivity contribution in [2.45, 2.75) is 0 Å². The molecule has 0 saturated heterocycles. The van der Waals surface area contributed by atoms with Crippen LogP contribution in [0.25, 0.3) is 0 Å². The minimum Gasteiger partial charge on any atom is -0.493 e. The van der Waals surface area contributed by atoms with E-state index in [0.717, 1.165) is 5.56 Å². The zero-order valence-corrected chi connectivity index (χ0v) is 14.0. The molecule has 0 saturated carbocycles. The molecular weight excluding hydrogens is 332 g/mol. The minimum atomic E-state index is -0.383. The monoisotopic (exact) mass is 348 g/mol. The van der Waals surface area contributed by atoms with Crippen LogP contribution in [-0.4, -0.2) is 32.9 Å². The van der Waals surface area contributed by atoms with Gasteiger partial charge in [0.15, 0.2) is 18.1 Å². The van der Waals surface area contributed by atoms with Crippen LogP contribution in [0.2, 0.25) is 5.02 Å². The largest absolute Gasteiger partial charge is 0.493 e. The summed E-state index contributed by atoms with van der Waals surface area (Å²) in [5, 5.41) is 4.42. The zero-order chi connectivity index (χ0) is 17.4. The van der Waals surface area contributed by atoms with Crippen LogP contribution in [-0.2, 0) is 4.79 Å². The summed E-state index contributed by atoms with van der Waals surface area (Å²) in [6.45, 7) is -0.163. The van der Waals surface area contributed by atoms with Crippen LogP contribution in [0, 0.1) is 0 Å². The Morgan fingerprint density at radius 1 is 1.17 bits per heavy atom. The maximum Gasteiger partial charge on any atom is 0.277 e. The lowest BCUT2D eigenvalue weighted by Crippen LogP contribution is -2.24. The molecule has 24 heavy (non-hydrogen) atoms. The first kappa shape index (κ1) is 17.6. The van der Waals surface area contributed by atoms with E-state index >= 15 is 0 Å². The molecule has 2 aromatic carbocycles. The van der Waals surface area contributed by atoms with Crippen molar-refractivity contribution >= 4 is 23.7 Å². The first-order chi connectivity index (χ1) is 11.6. The van der Waals surface area contributed by atoms with E-state index in [2.05, 4.69) is 10.5 Å². The van der Waals surface area contributed by atoms with Gasteiger partial charge < -0.3 is 14.2 Å². The van der Waals surface area contributed by atoms with Gasteiger partial charge in [-0.15, -0.1) is 0 Å². The van der Waals surface area contributed by atoms with Gasteiger partial charge in [-0.25, -0.2) is 5.43 Å². The summed E-state index contributed by atoms with van der Waals surface area (Å²) in [6.07, 6.45) is 1.50. The minimum absolute atomic E-state index is 0.163. The number of benzene rings is 2. The van der Waals surface area contributed by atoms with E-state index in [9.17, 15) is 4.79 Å². The Kier molecular flexibility index (Phi) is 6.45. The fraction of sp³-hybridized carbons (Fsp3) is 0.176. The Labute approximate surface area is 145 Å². The van der Waals surface area contributed by atoms with Gasteiger partial charge in [0.1, 0.15) is 5.75 Å². The second-order valence-electron chi connectivity index (χ2n) is 4.65. The quantitative estimate of drug-likeness (QED) is 0.617. The lowest BCUT2D eigenvalue weighted by molar-refractivity contribution is -0.123. The molecular formula is C17H17ClN2O4. The number of methoxy groups -OCH3 is 2. The van der Waals surface area contributed by atoms with Gasteiger partial charge in [0, 0.05) is 5.02 Å². The first-order valence-corrected chi connectivity index (χ1v) is 7.42. The normalized spacial score (nSPS) is 10.5. The molecule has 0 heterocycles. The van der Waals surface area contributed by atoms with Gasteiger partial charge in [0.25, 0.3) is 5.91 Å². The Morgan fingerprint density at radius 2 is 1.96 bits per heavy atom. The molecule has 1 N–H and O–H groups in total. The summed E-state index contributed by atoms with van der Waals surface area (Å²) < 4.78 is 15.7. The molecule has 2 aromatic rings. The highest BCUT2D eigenvalue weighted by Crippen LogP contribution is 2.26. The zero-order valence-electron chi connectivity index (χ0n) is 13.3. The average molecular weight is 349 g/mol. The molecule has 0 fully saturated rings. The number of hydrazone groups is 1. The summed E-state index contributed by atoms with van der Waals surface area (Å²) in [7, 11) is 3.11. The third-order valence-corrected chi connectivity index (χ3v) is 3.21. The molecule has 0 aliphatic rings.